The van der Waals surface area contributed by atoms with Crippen LogP contribution >= 0.6 is 15.9 Å². The maximum absolute atomic E-state index is 4.52. The zero-order chi connectivity index (χ0) is 14.2. The number of hydrogen-bond acceptors (Lipinski definition) is 3. The molecule has 1 saturated heterocycles. The van der Waals surface area contributed by atoms with Crippen molar-refractivity contribution >= 4 is 15.9 Å². The fraction of sp³-hybridized carbons (Fsp3) is 0.800. The first-order chi connectivity index (χ1) is 9.60. The first kappa shape index (κ1) is 14.5. The SMILES string of the molecule is Cc1nn(C)c(CN2CCCNC3(CCCC3)C2)c1Br. The molecule has 0 radical (unpaired) electrons. The maximum atomic E-state index is 4.52. The van der Waals surface area contributed by atoms with Gasteiger partial charge >= 0.3 is 0 Å². The second-order valence-corrected chi connectivity index (χ2v) is 7.24. The Morgan fingerprint density at radius 2 is 2.05 bits per heavy atom. The van der Waals surface area contributed by atoms with Crippen LogP contribution in [0.2, 0.25) is 0 Å². The van der Waals surface area contributed by atoms with Crippen LogP contribution in [0.5, 0.6) is 0 Å². The van der Waals surface area contributed by atoms with E-state index in [0.717, 1.165) is 12.2 Å². The van der Waals surface area contributed by atoms with E-state index in [1.54, 1.807) is 0 Å². The van der Waals surface area contributed by atoms with Crippen molar-refractivity contribution < 1.29 is 0 Å². The van der Waals surface area contributed by atoms with Gasteiger partial charge in [0.05, 0.1) is 15.9 Å². The molecule has 1 aliphatic heterocycles. The molecule has 1 N–H and O–H groups in total. The van der Waals surface area contributed by atoms with Crippen LogP contribution in [0.25, 0.3) is 0 Å². The highest BCUT2D eigenvalue weighted by molar-refractivity contribution is 9.10. The van der Waals surface area contributed by atoms with Gasteiger partial charge in [0.1, 0.15) is 0 Å². The molecule has 1 saturated carbocycles. The van der Waals surface area contributed by atoms with Crippen molar-refractivity contribution in [2.24, 2.45) is 7.05 Å². The van der Waals surface area contributed by atoms with Crippen LogP contribution in [0.4, 0.5) is 0 Å². The van der Waals surface area contributed by atoms with Crippen LogP contribution in [0, 0.1) is 6.92 Å². The molecule has 4 nitrogen and oxygen atoms in total. The molecule has 112 valence electrons. The molecular weight excluding hydrogens is 316 g/mol. The van der Waals surface area contributed by atoms with E-state index in [1.807, 2.05) is 4.68 Å². The Bertz CT molecular complexity index is 476. The Labute approximate surface area is 130 Å². The van der Waals surface area contributed by atoms with Crippen molar-refractivity contribution in [2.75, 3.05) is 19.6 Å². The van der Waals surface area contributed by atoms with E-state index in [4.69, 9.17) is 0 Å². The Hall–Kier alpha value is -0.390. The fourth-order valence-electron chi connectivity index (χ4n) is 3.80. The van der Waals surface area contributed by atoms with Gasteiger partial charge in [0, 0.05) is 25.7 Å². The van der Waals surface area contributed by atoms with Gasteiger partial charge in [-0.15, -0.1) is 0 Å². The summed E-state index contributed by atoms with van der Waals surface area (Å²) in [5.74, 6) is 0. The van der Waals surface area contributed by atoms with E-state index >= 15 is 0 Å². The van der Waals surface area contributed by atoms with Gasteiger partial charge in [0.25, 0.3) is 0 Å². The van der Waals surface area contributed by atoms with Gasteiger partial charge in [-0.25, -0.2) is 0 Å². The minimum atomic E-state index is 0.386. The van der Waals surface area contributed by atoms with Crippen LogP contribution < -0.4 is 5.32 Å². The van der Waals surface area contributed by atoms with Crippen molar-refractivity contribution in [3.63, 3.8) is 0 Å². The van der Waals surface area contributed by atoms with Gasteiger partial charge in [-0.05, 0) is 55.2 Å². The van der Waals surface area contributed by atoms with E-state index in [0.29, 0.717) is 5.54 Å². The lowest BCUT2D eigenvalue weighted by Gasteiger charge is -2.33. The van der Waals surface area contributed by atoms with Crippen molar-refractivity contribution in [1.29, 1.82) is 0 Å². The van der Waals surface area contributed by atoms with Crippen LogP contribution in [0.3, 0.4) is 0 Å². The van der Waals surface area contributed by atoms with Crippen LogP contribution in [0.1, 0.15) is 43.5 Å². The molecule has 0 amide bonds. The smallest absolute Gasteiger partial charge is 0.0739 e. The lowest BCUT2D eigenvalue weighted by Crippen LogP contribution is -2.49. The molecule has 1 aromatic heterocycles. The fourth-order valence-corrected chi connectivity index (χ4v) is 4.27. The summed E-state index contributed by atoms with van der Waals surface area (Å²) in [6.07, 6.45) is 6.70. The standard InChI is InChI=1S/C15H25BrN4/c1-12-14(16)13(19(2)18-12)10-20-9-5-8-17-15(11-20)6-3-4-7-15/h17H,3-11H2,1-2H3. The Balaban J connectivity index is 1.75. The van der Waals surface area contributed by atoms with Crippen LogP contribution in [-0.2, 0) is 13.6 Å². The number of halogens is 1. The number of nitrogens with zero attached hydrogens (tertiary/aromatic N) is 3. The highest BCUT2D eigenvalue weighted by Crippen LogP contribution is 2.32. The third-order valence-electron chi connectivity index (χ3n) is 4.87. The summed E-state index contributed by atoms with van der Waals surface area (Å²) in [4.78, 5) is 2.62. The lowest BCUT2D eigenvalue weighted by molar-refractivity contribution is 0.199. The summed E-state index contributed by atoms with van der Waals surface area (Å²) >= 11 is 3.70. The number of aromatic nitrogens is 2. The Kier molecular flexibility index (Phi) is 4.20. The topological polar surface area (TPSA) is 33.1 Å². The zero-order valence-electron chi connectivity index (χ0n) is 12.6. The monoisotopic (exact) mass is 340 g/mol. The molecule has 1 aromatic rings. The molecular formula is C15H25BrN4. The van der Waals surface area contributed by atoms with E-state index in [2.05, 4.69) is 45.2 Å². The summed E-state index contributed by atoms with van der Waals surface area (Å²) in [6, 6.07) is 0. The first-order valence-corrected chi connectivity index (χ1v) is 8.54. The summed E-state index contributed by atoms with van der Waals surface area (Å²) in [5, 5.41) is 8.35. The second-order valence-electron chi connectivity index (χ2n) is 6.45. The van der Waals surface area contributed by atoms with E-state index in [1.165, 1.54) is 61.9 Å². The van der Waals surface area contributed by atoms with Crippen LogP contribution in [-0.4, -0.2) is 39.9 Å². The van der Waals surface area contributed by atoms with Crippen molar-refractivity contribution in [3.05, 3.63) is 15.9 Å². The molecule has 0 atom stereocenters. The van der Waals surface area contributed by atoms with E-state index in [-0.39, 0.29) is 0 Å². The number of rotatable bonds is 2. The number of aryl methyl sites for hydroxylation is 2. The van der Waals surface area contributed by atoms with E-state index < -0.39 is 0 Å². The third kappa shape index (κ3) is 2.81. The van der Waals surface area contributed by atoms with Gasteiger partial charge in [-0.2, -0.15) is 5.10 Å². The average Bonchev–Trinajstić information content (AvgIpc) is 2.87. The Morgan fingerprint density at radius 1 is 1.30 bits per heavy atom. The largest absolute Gasteiger partial charge is 0.310 e. The number of hydrogen-bond donors (Lipinski definition) is 1. The minimum Gasteiger partial charge on any atom is -0.310 e. The van der Waals surface area contributed by atoms with Crippen molar-refractivity contribution in [2.45, 2.75) is 51.1 Å². The molecule has 20 heavy (non-hydrogen) atoms. The van der Waals surface area contributed by atoms with Crippen molar-refractivity contribution in [3.8, 4) is 0 Å². The quantitative estimate of drug-likeness (QED) is 0.898. The molecule has 1 spiro atoms. The molecule has 2 fully saturated rings. The second kappa shape index (κ2) is 5.78. The highest BCUT2D eigenvalue weighted by Gasteiger charge is 2.36. The van der Waals surface area contributed by atoms with Gasteiger partial charge < -0.3 is 5.32 Å². The van der Waals surface area contributed by atoms with Crippen molar-refractivity contribution in [1.82, 2.24) is 20.0 Å². The first-order valence-electron chi connectivity index (χ1n) is 7.75. The summed E-state index contributed by atoms with van der Waals surface area (Å²) in [5.41, 5.74) is 2.78. The van der Waals surface area contributed by atoms with Gasteiger partial charge in [-0.1, -0.05) is 12.8 Å². The predicted molar refractivity (Wildman–Crippen MR) is 84.7 cm³/mol. The summed E-state index contributed by atoms with van der Waals surface area (Å²) in [6.45, 7) is 6.61. The van der Waals surface area contributed by atoms with Gasteiger partial charge in [0.15, 0.2) is 0 Å². The maximum Gasteiger partial charge on any atom is 0.0739 e. The van der Waals surface area contributed by atoms with E-state index in [9.17, 15) is 0 Å². The average molecular weight is 341 g/mol. The van der Waals surface area contributed by atoms with Gasteiger partial charge in [0.2, 0.25) is 0 Å². The molecule has 0 aromatic carbocycles. The number of nitrogens with one attached hydrogen (secondary N) is 1. The molecule has 3 rings (SSSR count). The molecule has 0 unspecified atom stereocenters. The summed E-state index contributed by atoms with van der Waals surface area (Å²) < 4.78 is 3.21. The molecule has 5 heteroatoms. The molecule has 2 aliphatic rings. The molecule has 0 bridgehead atoms. The lowest BCUT2D eigenvalue weighted by atomic mass is 9.97. The predicted octanol–water partition coefficient (Wildman–Crippen LogP) is 2.60. The highest BCUT2D eigenvalue weighted by atomic mass is 79.9. The zero-order valence-corrected chi connectivity index (χ0v) is 14.2. The summed E-state index contributed by atoms with van der Waals surface area (Å²) in [7, 11) is 2.05. The van der Waals surface area contributed by atoms with Gasteiger partial charge in [-0.3, -0.25) is 9.58 Å². The van der Waals surface area contributed by atoms with Crippen LogP contribution in [0.15, 0.2) is 4.47 Å². The third-order valence-corrected chi connectivity index (χ3v) is 5.90. The minimum absolute atomic E-state index is 0.386. The molecule has 1 aliphatic carbocycles. The molecule has 2 heterocycles. The normalized spacial score (nSPS) is 23.4. The Morgan fingerprint density at radius 3 is 2.70 bits per heavy atom.